The van der Waals surface area contributed by atoms with E-state index in [4.69, 9.17) is 17.3 Å². The van der Waals surface area contributed by atoms with Crippen LogP contribution in [0.2, 0.25) is 5.02 Å². The first-order valence-corrected chi connectivity index (χ1v) is 8.48. The van der Waals surface area contributed by atoms with Gasteiger partial charge in [0.1, 0.15) is 0 Å². The monoisotopic (exact) mass is 289 g/mol. The molecule has 5 atom stereocenters. The van der Waals surface area contributed by atoms with E-state index in [0.29, 0.717) is 0 Å². The topological polar surface area (TPSA) is 26.0 Å². The van der Waals surface area contributed by atoms with Crippen molar-refractivity contribution in [2.45, 2.75) is 51.0 Å². The highest BCUT2D eigenvalue weighted by Gasteiger charge is 2.59. The first-order valence-electron chi connectivity index (χ1n) is 8.11. The Hall–Kier alpha value is -0.530. The van der Waals surface area contributed by atoms with Crippen LogP contribution < -0.4 is 5.73 Å². The highest BCUT2D eigenvalue weighted by atomic mass is 35.5. The Kier molecular flexibility index (Phi) is 2.95. The van der Waals surface area contributed by atoms with E-state index in [9.17, 15) is 0 Å². The number of halogens is 1. The summed E-state index contributed by atoms with van der Waals surface area (Å²) in [6.07, 6.45) is 7.90. The number of rotatable bonds is 2. The van der Waals surface area contributed by atoms with Gasteiger partial charge in [-0.2, -0.15) is 0 Å². The molecular weight excluding hydrogens is 266 g/mol. The lowest BCUT2D eigenvalue weighted by Crippen LogP contribution is -2.51. The second kappa shape index (κ2) is 4.48. The van der Waals surface area contributed by atoms with Gasteiger partial charge in [-0.05, 0) is 79.9 Å². The fraction of sp³-hybridized carbons (Fsp3) is 0.667. The molecular formula is C18H24ClN. The molecule has 2 bridgehead atoms. The molecule has 3 saturated carbocycles. The molecule has 0 heterocycles. The van der Waals surface area contributed by atoms with E-state index in [0.717, 1.165) is 35.1 Å². The maximum absolute atomic E-state index is 6.88. The normalized spacial score (nSPS) is 42.1. The summed E-state index contributed by atoms with van der Waals surface area (Å²) in [6, 6.07) is 6.42. The molecule has 4 rings (SSSR count). The lowest BCUT2D eigenvalue weighted by molar-refractivity contribution is 0.156. The molecule has 1 aromatic carbocycles. The molecule has 3 aliphatic carbocycles. The molecule has 108 valence electrons. The number of nitrogens with two attached hydrogens (primary N) is 1. The van der Waals surface area contributed by atoms with Crippen LogP contribution in [0.1, 0.15) is 43.2 Å². The predicted molar refractivity (Wildman–Crippen MR) is 83.9 cm³/mol. The number of hydrogen-bond acceptors (Lipinski definition) is 1. The summed E-state index contributed by atoms with van der Waals surface area (Å²) in [5.74, 6) is 3.58. The van der Waals surface area contributed by atoms with Gasteiger partial charge in [-0.1, -0.05) is 30.2 Å². The molecule has 1 nitrogen and oxygen atoms in total. The van der Waals surface area contributed by atoms with E-state index in [1.165, 1.54) is 43.2 Å². The molecule has 20 heavy (non-hydrogen) atoms. The van der Waals surface area contributed by atoms with E-state index in [1.807, 2.05) is 0 Å². The van der Waals surface area contributed by atoms with E-state index >= 15 is 0 Å². The minimum absolute atomic E-state index is 0.00900. The van der Waals surface area contributed by atoms with Crippen molar-refractivity contribution in [3.05, 3.63) is 34.3 Å². The standard InChI is InChI=1S/C18H24ClN/c1-11-5-6-12(17(19)7-11)9-18(20)10-13-8-16(18)15-4-2-3-14(13)15/h5-7,13-16H,2-4,8-10,20H2,1H3. The summed E-state index contributed by atoms with van der Waals surface area (Å²) in [6.45, 7) is 2.09. The third kappa shape index (κ3) is 1.86. The molecule has 2 heteroatoms. The van der Waals surface area contributed by atoms with E-state index < -0.39 is 0 Å². The molecule has 0 amide bonds. The lowest BCUT2D eigenvalue weighted by Gasteiger charge is -2.40. The van der Waals surface area contributed by atoms with Crippen LogP contribution in [0.25, 0.3) is 0 Å². The zero-order valence-corrected chi connectivity index (χ0v) is 13.0. The average Bonchev–Trinajstić information content (AvgIpc) is 3.03. The van der Waals surface area contributed by atoms with Crippen molar-refractivity contribution >= 4 is 11.6 Å². The van der Waals surface area contributed by atoms with Gasteiger partial charge < -0.3 is 5.73 Å². The van der Waals surface area contributed by atoms with Crippen molar-refractivity contribution < 1.29 is 0 Å². The summed E-state index contributed by atoms with van der Waals surface area (Å²) in [7, 11) is 0. The predicted octanol–water partition coefficient (Wildman–Crippen LogP) is 4.34. The SMILES string of the molecule is Cc1ccc(CC2(N)CC3CC2C2CCCC32)c(Cl)c1. The van der Waals surface area contributed by atoms with Crippen LogP contribution in [0.5, 0.6) is 0 Å². The number of hydrogen-bond donors (Lipinski definition) is 1. The summed E-state index contributed by atoms with van der Waals surface area (Å²) in [5, 5.41) is 0.903. The quantitative estimate of drug-likeness (QED) is 0.861. The van der Waals surface area contributed by atoms with Crippen LogP contribution in [0.15, 0.2) is 18.2 Å². The largest absolute Gasteiger partial charge is 0.325 e. The van der Waals surface area contributed by atoms with Crippen LogP contribution in [-0.2, 0) is 6.42 Å². The second-order valence-electron chi connectivity index (χ2n) is 7.57. The smallest absolute Gasteiger partial charge is 0.0441 e. The van der Waals surface area contributed by atoms with Gasteiger partial charge >= 0.3 is 0 Å². The van der Waals surface area contributed by atoms with Gasteiger partial charge in [-0.15, -0.1) is 0 Å². The maximum Gasteiger partial charge on any atom is 0.0441 e. The van der Waals surface area contributed by atoms with Crippen LogP contribution in [0.3, 0.4) is 0 Å². The van der Waals surface area contributed by atoms with Crippen LogP contribution in [0.4, 0.5) is 0 Å². The first-order chi connectivity index (χ1) is 9.57. The molecule has 0 aromatic heterocycles. The molecule has 3 aliphatic rings. The summed E-state index contributed by atoms with van der Waals surface area (Å²) in [4.78, 5) is 0. The molecule has 0 radical (unpaired) electrons. The molecule has 1 aromatic rings. The van der Waals surface area contributed by atoms with Crippen LogP contribution >= 0.6 is 11.6 Å². The third-order valence-electron chi connectivity index (χ3n) is 6.41. The van der Waals surface area contributed by atoms with Crippen LogP contribution in [0, 0.1) is 30.6 Å². The third-order valence-corrected chi connectivity index (χ3v) is 6.76. The Balaban J connectivity index is 1.60. The Morgan fingerprint density at radius 2 is 2.10 bits per heavy atom. The molecule has 2 N–H and O–H groups in total. The van der Waals surface area contributed by atoms with Crippen molar-refractivity contribution in [3.63, 3.8) is 0 Å². The van der Waals surface area contributed by atoms with E-state index in [2.05, 4.69) is 25.1 Å². The van der Waals surface area contributed by atoms with Crippen molar-refractivity contribution in [3.8, 4) is 0 Å². The van der Waals surface area contributed by atoms with Gasteiger partial charge in [0.05, 0.1) is 0 Å². The molecule has 0 spiro atoms. The summed E-state index contributed by atoms with van der Waals surface area (Å²) >= 11 is 6.43. The van der Waals surface area contributed by atoms with Crippen molar-refractivity contribution in [1.29, 1.82) is 0 Å². The highest BCUT2D eigenvalue weighted by Crippen LogP contribution is 2.62. The van der Waals surface area contributed by atoms with Crippen LogP contribution in [-0.4, -0.2) is 5.54 Å². The van der Waals surface area contributed by atoms with Gasteiger partial charge in [0.25, 0.3) is 0 Å². The van der Waals surface area contributed by atoms with Gasteiger partial charge in [0.2, 0.25) is 0 Å². The fourth-order valence-electron chi connectivity index (χ4n) is 5.67. The molecule has 5 unspecified atom stereocenters. The lowest BCUT2D eigenvalue weighted by atomic mass is 9.69. The average molecular weight is 290 g/mol. The zero-order chi connectivity index (χ0) is 13.9. The summed E-state index contributed by atoms with van der Waals surface area (Å²) < 4.78 is 0. The zero-order valence-electron chi connectivity index (χ0n) is 12.2. The van der Waals surface area contributed by atoms with Gasteiger partial charge in [-0.3, -0.25) is 0 Å². The Morgan fingerprint density at radius 3 is 2.90 bits per heavy atom. The Labute approximate surface area is 126 Å². The molecule has 0 aliphatic heterocycles. The first kappa shape index (κ1) is 13.2. The number of aryl methyl sites for hydroxylation is 1. The second-order valence-corrected chi connectivity index (χ2v) is 7.98. The minimum atomic E-state index is 0.00900. The number of fused-ring (bicyclic) bond motifs is 5. The number of benzene rings is 1. The van der Waals surface area contributed by atoms with Crippen molar-refractivity contribution in [2.75, 3.05) is 0 Å². The maximum atomic E-state index is 6.88. The Bertz CT molecular complexity index is 540. The Morgan fingerprint density at radius 1 is 1.30 bits per heavy atom. The molecule has 0 saturated heterocycles. The highest BCUT2D eigenvalue weighted by molar-refractivity contribution is 6.31. The molecule has 3 fully saturated rings. The van der Waals surface area contributed by atoms with Gasteiger partial charge in [0.15, 0.2) is 0 Å². The minimum Gasteiger partial charge on any atom is -0.325 e. The summed E-state index contributed by atoms with van der Waals surface area (Å²) in [5.41, 5.74) is 9.37. The van der Waals surface area contributed by atoms with E-state index in [1.54, 1.807) is 0 Å². The fourth-order valence-corrected chi connectivity index (χ4v) is 5.97. The van der Waals surface area contributed by atoms with E-state index in [-0.39, 0.29) is 5.54 Å². The van der Waals surface area contributed by atoms with Crippen molar-refractivity contribution in [2.24, 2.45) is 29.4 Å². The van der Waals surface area contributed by atoms with Gasteiger partial charge in [-0.25, -0.2) is 0 Å². The van der Waals surface area contributed by atoms with Gasteiger partial charge in [0, 0.05) is 10.6 Å². The van der Waals surface area contributed by atoms with Crippen molar-refractivity contribution in [1.82, 2.24) is 0 Å².